The van der Waals surface area contributed by atoms with Crippen LogP contribution in [0.3, 0.4) is 0 Å². The number of rotatable bonds is 2. The molecule has 94 valence electrons. The summed E-state index contributed by atoms with van der Waals surface area (Å²) in [7, 11) is 0. The first-order valence-electron chi connectivity index (χ1n) is 6.44. The quantitative estimate of drug-likeness (QED) is 0.759. The molecule has 1 aliphatic rings. The average Bonchev–Trinajstić information content (AvgIpc) is 2.73. The topological polar surface area (TPSA) is 31.2 Å². The number of nitrogens with zero attached hydrogens (tertiary/aromatic N) is 1. The Kier molecular flexibility index (Phi) is 2.82. The lowest BCUT2D eigenvalue weighted by atomic mass is 9.97. The summed E-state index contributed by atoms with van der Waals surface area (Å²) in [5.74, 6) is 0.284. The number of esters is 1. The largest absolute Gasteiger partial charge is 0.466 e. The zero-order valence-corrected chi connectivity index (χ0v) is 10.6. The van der Waals surface area contributed by atoms with Crippen molar-refractivity contribution < 1.29 is 9.53 Å². The van der Waals surface area contributed by atoms with E-state index < -0.39 is 0 Å². The normalized spacial score (nSPS) is 18.6. The molecule has 0 saturated heterocycles. The molecule has 0 radical (unpaired) electrons. The number of carbonyl (C=O) groups is 1. The van der Waals surface area contributed by atoms with Gasteiger partial charge in [-0.2, -0.15) is 0 Å². The number of benzene rings is 1. The van der Waals surface area contributed by atoms with Crippen LogP contribution in [0.25, 0.3) is 10.9 Å². The summed E-state index contributed by atoms with van der Waals surface area (Å²) in [6, 6.07) is 10.7. The molecule has 18 heavy (non-hydrogen) atoms. The molecule has 1 aromatic carbocycles. The Balaban J connectivity index is 1.82. The lowest BCUT2D eigenvalue weighted by molar-refractivity contribution is -0.142. The van der Waals surface area contributed by atoms with Crippen molar-refractivity contribution in [2.45, 2.75) is 26.3 Å². The van der Waals surface area contributed by atoms with Gasteiger partial charge < -0.3 is 9.30 Å². The van der Waals surface area contributed by atoms with Gasteiger partial charge >= 0.3 is 5.97 Å². The van der Waals surface area contributed by atoms with Gasteiger partial charge in [0.25, 0.3) is 0 Å². The molecule has 2 aromatic rings. The summed E-state index contributed by atoms with van der Waals surface area (Å²) >= 11 is 0. The molecule has 0 bridgehead atoms. The number of aromatic nitrogens is 1. The molecule has 1 unspecified atom stereocenters. The molecule has 0 amide bonds. The number of aryl methyl sites for hydroxylation is 1. The minimum atomic E-state index is -0.180. The monoisotopic (exact) mass is 243 g/mol. The second-order valence-electron chi connectivity index (χ2n) is 5.01. The first-order valence-corrected chi connectivity index (χ1v) is 6.44. The molecule has 1 atom stereocenters. The van der Waals surface area contributed by atoms with Gasteiger partial charge in [0, 0.05) is 30.6 Å². The summed E-state index contributed by atoms with van der Waals surface area (Å²) in [5, 5.41) is 1.31. The predicted molar refractivity (Wildman–Crippen MR) is 70.4 cm³/mol. The van der Waals surface area contributed by atoms with Crippen molar-refractivity contribution in [1.29, 1.82) is 0 Å². The first kappa shape index (κ1) is 11.3. The van der Waals surface area contributed by atoms with E-state index in [0.29, 0.717) is 12.5 Å². The Bertz CT molecular complexity index is 585. The Labute approximate surface area is 106 Å². The van der Waals surface area contributed by atoms with E-state index in [1.807, 2.05) is 0 Å². The lowest BCUT2D eigenvalue weighted by Gasteiger charge is -2.24. The predicted octanol–water partition coefficient (Wildman–Crippen LogP) is 2.77. The molecule has 2 heterocycles. The number of ether oxygens (including phenoxy) is 1. The van der Waals surface area contributed by atoms with Crippen LogP contribution in [0.2, 0.25) is 0 Å². The molecular weight excluding hydrogens is 226 g/mol. The summed E-state index contributed by atoms with van der Waals surface area (Å²) in [6.07, 6.45) is 2.08. The Morgan fingerprint density at radius 1 is 1.44 bits per heavy atom. The number of carbonyl (C=O) groups excluding carboxylic acids is 1. The lowest BCUT2D eigenvalue weighted by Crippen LogP contribution is -2.23. The molecule has 1 aliphatic heterocycles. The molecule has 3 nitrogen and oxygen atoms in total. The number of para-hydroxylation sites is 1. The molecule has 3 rings (SSSR count). The van der Waals surface area contributed by atoms with E-state index in [1.165, 1.54) is 23.5 Å². The van der Waals surface area contributed by atoms with Crippen molar-refractivity contribution in [1.82, 2.24) is 4.57 Å². The second kappa shape index (κ2) is 4.48. The zero-order valence-electron chi connectivity index (χ0n) is 10.6. The van der Waals surface area contributed by atoms with Crippen LogP contribution in [-0.2, 0) is 22.5 Å². The van der Waals surface area contributed by atoms with Crippen LogP contribution < -0.4 is 0 Å². The van der Waals surface area contributed by atoms with E-state index in [4.69, 9.17) is 4.74 Å². The zero-order chi connectivity index (χ0) is 12.5. The fraction of sp³-hybridized carbons (Fsp3) is 0.400. The maximum atomic E-state index is 10.8. The minimum Gasteiger partial charge on any atom is -0.466 e. The first-order chi connectivity index (χ1) is 8.74. The van der Waals surface area contributed by atoms with E-state index in [0.717, 1.165) is 19.4 Å². The molecule has 3 heteroatoms. The highest BCUT2D eigenvalue weighted by Gasteiger charge is 2.21. The van der Waals surface area contributed by atoms with Crippen molar-refractivity contribution in [3.63, 3.8) is 0 Å². The number of hydrogen-bond acceptors (Lipinski definition) is 2. The molecule has 1 aromatic heterocycles. The number of hydrogen-bond donors (Lipinski definition) is 0. The van der Waals surface area contributed by atoms with Crippen molar-refractivity contribution >= 4 is 16.9 Å². The Hall–Kier alpha value is -1.77. The van der Waals surface area contributed by atoms with Crippen LogP contribution >= 0.6 is 0 Å². The van der Waals surface area contributed by atoms with E-state index in [1.54, 1.807) is 0 Å². The smallest absolute Gasteiger partial charge is 0.302 e. The Morgan fingerprint density at radius 3 is 3.11 bits per heavy atom. The standard InChI is InChI=1S/C15H17NO2/c1-11(17)18-10-12-6-7-16-14(8-12)9-13-4-2-3-5-15(13)16/h2-5,9,12H,6-8,10H2,1H3. The van der Waals surface area contributed by atoms with Gasteiger partial charge in [0.05, 0.1) is 6.61 Å². The fourth-order valence-corrected chi connectivity index (χ4v) is 2.79. The van der Waals surface area contributed by atoms with Gasteiger partial charge in [-0.25, -0.2) is 0 Å². The van der Waals surface area contributed by atoms with E-state index >= 15 is 0 Å². The summed E-state index contributed by atoms with van der Waals surface area (Å²) in [6.45, 7) is 3.05. The van der Waals surface area contributed by atoms with Crippen LogP contribution in [0, 0.1) is 5.92 Å². The maximum absolute atomic E-state index is 10.8. The summed E-state index contributed by atoms with van der Waals surface area (Å²) in [4.78, 5) is 10.8. The third kappa shape index (κ3) is 2.01. The van der Waals surface area contributed by atoms with Crippen LogP contribution in [0.1, 0.15) is 19.0 Å². The van der Waals surface area contributed by atoms with E-state index in [2.05, 4.69) is 34.9 Å². The van der Waals surface area contributed by atoms with Crippen LogP contribution in [0.5, 0.6) is 0 Å². The van der Waals surface area contributed by atoms with Gasteiger partial charge in [-0.15, -0.1) is 0 Å². The highest BCUT2D eigenvalue weighted by Crippen LogP contribution is 2.28. The molecule has 0 fully saturated rings. The highest BCUT2D eigenvalue weighted by molar-refractivity contribution is 5.81. The SMILES string of the molecule is CC(=O)OCC1CCn2c(cc3ccccc32)C1. The molecule has 0 spiro atoms. The van der Waals surface area contributed by atoms with Gasteiger partial charge in [-0.05, 0) is 30.4 Å². The van der Waals surface area contributed by atoms with Gasteiger partial charge in [0.15, 0.2) is 0 Å². The van der Waals surface area contributed by atoms with Crippen LogP contribution in [0.15, 0.2) is 30.3 Å². The average molecular weight is 243 g/mol. The van der Waals surface area contributed by atoms with Crippen molar-refractivity contribution in [2.75, 3.05) is 6.61 Å². The number of fused-ring (bicyclic) bond motifs is 3. The molecule has 0 N–H and O–H groups in total. The van der Waals surface area contributed by atoms with Crippen LogP contribution in [-0.4, -0.2) is 17.1 Å². The second-order valence-corrected chi connectivity index (χ2v) is 5.01. The van der Waals surface area contributed by atoms with Crippen LogP contribution in [0.4, 0.5) is 0 Å². The maximum Gasteiger partial charge on any atom is 0.302 e. The Morgan fingerprint density at radius 2 is 2.28 bits per heavy atom. The third-order valence-corrected chi connectivity index (χ3v) is 3.68. The highest BCUT2D eigenvalue weighted by atomic mass is 16.5. The van der Waals surface area contributed by atoms with E-state index in [-0.39, 0.29) is 5.97 Å². The van der Waals surface area contributed by atoms with Gasteiger partial charge in [-0.3, -0.25) is 4.79 Å². The van der Waals surface area contributed by atoms with Crippen molar-refractivity contribution in [2.24, 2.45) is 5.92 Å². The molecule has 0 saturated carbocycles. The fourth-order valence-electron chi connectivity index (χ4n) is 2.79. The minimum absolute atomic E-state index is 0.180. The summed E-state index contributed by atoms with van der Waals surface area (Å²) < 4.78 is 7.51. The van der Waals surface area contributed by atoms with Gasteiger partial charge in [-0.1, -0.05) is 18.2 Å². The van der Waals surface area contributed by atoms with Crippen molar-refractivity contribution in [3.05, 3.63) is 36.0 Å². The van der Waals surface area contributed by atoms with Gasteiger partial charge in [0.2, 0.25) is 0 Å². The van der Waals surface area contributed by atoms with Crippen molar-refractivity contribution in [3.8, 4) is 0 Å². The third-order valence-electron chi connectivity index (χ3n) is 3.68. The molecular formula is C15H17NO2. The van der Waals surface area contributed by atoms with E-state index in [9.17, 15) is 4.79 Å². The summed E-state index contributed by atoms with van der Waals surface area (Å²) in [5.41, 5.74) is 2.68. The van der Waals surface area contributed by atoms with Gasteiger partial charge in [0.1, 0.15) is 0 Å². The molecule has 0 aliphatic carbocycles.